The van der Waals surface area contributed by atoms with Crippen molar-refractivity contribution in [2.75, 3.05) is 33.0 Å². The first-order valence-corrected chi connectivity index (χ1v) is 11.3. The number of carbonyl (C=O) groups excluding carboxylic acids is 2. The van der Waals surface area contributed by atoms with Gasteiger partial charge in [0.2, 0.25) is 0 Å². The second kappa shape index (κ2) is 11.5. The highest BCUT2D eigenvalue weighted by molar-refractivity contribution is 6.46. The van der Waals surface area contributed by atoms with Crippen LogP contribution in [0.2, 0.25) is 0 Å². The van der Waals surface area contributed by atoms with Crippen molar-refractivity contribution in [3.63, 3.8) is 0 Å². The van der Waals surface area contributed by atoms with E-state index in [1.165, 1.54) is 4.90 Å². The molecule has 0 aliphatic carbocycles. The topological polar surface area (TPSA) is 85.3 Å². The standard InChI is InChI=1S/C26H31NO6/c1-4-31-17-7-16-27-23(18-8-12-20(13-9-18)32-5-2)22(25(29)26(27)30)24(28)19-10-14-21(15-11-19)33-6-3/h8-15,23,28H,4-7,16-17H2,1-3H3/b24-22-. The van der Waals surface area contributed by atoms with Crippen molar-refractivity contribution in [3.8, 4) is 11.5 Å². The molecule has 1 N–H and O–H groups in total. The molecule has 3 rings (SSSR count). The van der Waals surface area contributed by atoms with Gasteiger partial charge in [-0.3, -0.25) is 9.59 Å². The highest BCUT2D eigenvalue weighted by Crippen LogP contribution is 2.40. The van der Waals surface area contributed by atoms with Crippen molar-refractivity contribution in [1.82, 2.24) is 4.90 Å². The van der Waals surface area contributed by atoms with E-state index < -0.39 is 17.7 Å². The smallest absolute Gasteiger partial charge is 0.295 e. The van der Waals surface area contributed by atoms with Gasteiger partial charge in [0.1, 0.15) is 17.3 Å². The van der Waals surface area contributed by atoms with Gasteiger partial charge in [-0.2, -0.15) is 0 Å². The van der Waals surface area contributed by atoms with Crippen LogP contribution < -0.4 is 9.47 Å². The van der Waals surface area contributed by atoms with Gasteiger partial charge in [0.05, 0.1) is 24.8 Å². The van der Waals surface area contributed by atoms with Crippen LogP contribution in [-0.4, -0.2) is 54.7 Å². The monoisotopic (exact) mass is 453 g/mol. The predicted octanol–water partition coefficient (Wildman–Crippen LogP) is 4.33. The van der Waals surface area contributed by atoms with Crippen LogP contribution in [0.1, 0.15) is 44.4 Å². The second-order valence-electron chi connectivity index (χ2n) is 7.50. The Morgan fingerprint density at radius 1 is 0.879 bits per heavy atom. The quantitative estimate of drug-likeness (QED) is 0.236. The normalized spacial score (nSPS) is 17.4. The molecule has 2 aromatic rings. The number of benzene rings is 2. The van der Waals surface area contributed by atoms with Gasteiger partial charge in [0, 0.05) is 25.3 Å². The van der Waals surface area contributed by atoms with Crippen molar-refractivity contribution >= 4 is 17.4 Å². The number of Topliss-reactive ketones (excluding diaryl/α,β-unsaturated/α-hetero) is 1. The third kappa shape index (κ3) is 5.54. The first-order chi connectivity index (χ1) is 16.0. The first-order valence-electron chi connectivity index (χ1n) is 11.3. The van der Waals surface area contributed by atoms with Crippen molar-refractivity contribution < 1.29 is 28.9 Å². The van der Waals surface area contributed by atoms with Crippen LogP contribution in [0.4, 0.5) is 0 Å². The molecule has 0 spiro atoms. The summed E-state index contributed by atoms with van der Waals surface area (Å²) in [6.07, 6.45) is 0.581. The van der Waals surface area contributed by atoms with E-state index in [2.05, 4.69) is 0 Å². The molecule has 1 amide bonds. The Balaban J connectivity index is 2.01. The van der Waals surface area contributed by atoms with Crippen molar-refractivity contribution in [3.05, 3.63) is 65.2 Å². The van der Waals surface area contributed by atoms with Gasteiger partial charge in [0.15, 0.2) is 0 Å². The highest BCUT2D eigenvalue weighted by Gasteiger charge is 2.45. The molecular weight excluding hydrogens is 422 g/mol. The minimum atomic E-state index is -0.700. The third-order valence-electron chi connectivity index (χ3n) is 5.38. The van der Waals surface area contributed by atoms with E-state index in [-0.39, 0.29) is 11.3 Å². The summed E-state index contributed by atoms with van der Waals surface area (Å²) in [5, 5.41) is 11.1. The minimum absolute atomic E-state index is 0.0738. The van der Waals surface area contributed by atoms with E-state index in [1.54, 1.807) is 36.4 Å². The van der Waals surface area contributed by atoms with Crippen LogP contribution in [0, 0.1) is 0 Å². The van der Waals surface area contributed by atoms with Gasteiger partial charge in [-0.25, -0.2) is 0 Å². The van der Waals surface area contributed by atoms with Gasteiger partial charge >= 0.3 is 0 Å². The molecule has 1 fully saturated rings. The largest absolute Gasteiger partial charge is 0.507 e. The molecule has 1 unspecified atom stereocenters. The summed E-state index contributed by atoms with van der Waals surface area (Å²) in [4.78, 5) is 27.5. The van der Waals surface area contributed by atoms with Crippen LogP contribution in [0.15, 0.2) is 54.1 Å². The second-order valence-corrected chi connectivity index (χ2v) is 7.50. The van der Waals surface area contributed by atoms with Crippen LogP contribution >= 0.6 is 0 Å². The summed E-state index contributed by atoms with van der Waals surface area (Å²) in [6.45, 7) is 8.15. The molecule has 0 bridgehead atoms. The van der Waals surface area contributed by atoms with Gasteiger partial charge in [-0.15, -0.1) is 0 Å². The predicted molar refractivity (Wildman–Crippen MR) is 125 cm³/mol. The fourth-order valence-corrected chi connectivity index (χ4v) is 3.88. The number of hydrogen-bond donors (Lipinski definition) is 1. The van der Waals surface area contributed by atoms with E-state index in [0.29, 0.717) is 56.5 Å². The summed E-state index contributed by atoms with van der Waals surface area (Å²) >= 11 is 0. The minimum Gasteiger partial charge on any atom is -0.507 e. The van der Waals surface area contributed by atoms with Gasteiger partial charge in [-0.1, -0.05) is 12.1 Å². The van der Waals surface area contributed by atoms with Crippen LogP contribution in [-0.2, 0) is 14.3 Å². The number of carbonyl (C=O) groups is 2. The number of aliphatic hydroxyl groups is 1. The number of rotatable bonds is 11. The first kappa shape index (κ1) is 24.3. The lowest BCUT2D eigenvalue weighted by Crippen LogP contribution is -2.31. The SMILES string of the molecule is CCOCCCN1C(=O)C(=O)/C(=C(\O)c2ccc(OCC)cc2)C1c1ccc(OCC)cc1. The van der Waals surface area contributed by atoms with Crippen LogP contribution in [0.25, 0.3) is 5.76 Å². The zero-order valence-electron chi connectivity index (χ0n) is 19.4. The average molecular weight is 454 g/mol. The summed E-state index contributed by atoms with van der Waals surface area (Å²) in [5.41, 5.74) is 1.24. The molecule has 0 saturated carbocycles. The lowest BCUT2D eigenvalue weighted by molar-refractivity contribution is -0.140. The zero-order chi connectivity index (χ0) is 23.8. The molecule has 0 radical (unpaired) electrons. The Morgan fingerprint density at radius 3 is 2.00 bits per heavy atom. The number of hydrogen-bond acceptors (Lipinski definition) is 6. The maximum absolute atomic E-state index is 13.1. The zero-order valence-corrected chi connectivity index (χ0v) is 19.4. The molecule has 1 aliphatic heterocycles. The number of amides is 1. The Bertz CT molecular complexity index is 981. The van der Waals surface area contributed by atoms with Gasteiger partial charge in [-0.05, 0) is 69.2 Å². The Morgan fingerprint density at radius 2 is 1.45 bits per heavy atom. The Labute approximate surface area is 194 Å². The fraction of sp³-hybridized carbons (Fsp3) is 0.385. The molecule has 7 heteroatoms. The number of nitrogens with zero attached hydrogens (tertiary/aromatic N) is 1. The van der Waals surface area contributed by atoms with E-state index in [1.807, 2.05) is 32.9 Å². The molecule has 2 aromatic carbocycles. The number of aliphatic hydroxyl groups excluding tert-OH is 1. The molecule has 33 heavy (non-hydrogen) atoms. The Hall–Kier alpha value is -3.32. The van der Waals surface area contributed by atoms with Crippen molar-refractivity contribution in [2.45, 2.75) is 33.2 Å². The lowest BCUT2D eigenvalue weighted by Gasteiger charge is -2.25. The molecule has 1 heterocycles. The molecule has 1 atom stereocenters. The highest BCUT2D eigenvalue weighted by atomic mass is 16.5. The molecule has 7 nitrogen and oxygen atoms in total. The molecule has 0 aromatic heterocycles. The number of ether oxygens (including phenoxy) is 3. The summed E-state index contributed by atoms with van der Waals surface area (Å²) in [7, 11) is 0. The summed E-state index contributed by atoms with van der Waals surface area (Å²) in [6, 6.07) is 13.4. The van der Waals surface area contributed by atoms with E-state index in [9.17, 15) is 14.7 Å². The molecule has 1 saturated heterocycles. The lowest BCUT2D eigenvalue weighted by atomic mass is 9.95. The Kier molecular flexibility index (Phi) is 8.49. The average Bonchev–Trinajstić information content (AvgIpc) is 3.08. The number of ketones is 1. The van der Waals surface area contributed by atoms with E-state index in [0.717, 1.165) is 5.56 Å². The molecule has 176 valence electrons. The van der Waals surface area contributed by atoms with Crippen molar-refractivity contribution in [2.24, 2.45) is 0 Å². The summed E-state index contributed by atoms with van der Waals surface area (Å²) < 4.78 is 16.4. The van der Waals surface area contributed by atoms with E-state index >= 15 is 0 Å². The van der Waals surface area contributed by atoms with Gasteiger partial charge in [0.25, 0.3) is 11.7 Å². The van der Waals surface area contributed by atoms with Crippen LogP contribution in [0.3, 0.4) is 0 Å². The number of likely N-dealkylation sites (tertiary alicyclic amines) is 1. The third-order valence-corrected chi connectivity index (χ3v) is 5.38. The maximum atomic E-state index is 13.1. The van der Waals surface area contributed by atoms with E-state index in [4.69, 9.17) is 14.2 Å². The fourth-order valence-electron chi connectivity index (χ4n) is 3.88. The molecular formula is C26H31NO6. The summed E-state index contributed by atoms with van der Waals surface area (Å²) in [5.74, 6) is -0.174. The van der Waals surface area contributed by atoms with Gasteiger partial charge < -0.3 is 24.2 Å². The van der Waals surface area contributed by atoms with Crippen molar-refractivity contribution in [1.29, 1.82) is 0 Å². The maximum Gasteiger partial charge on any atom is 0.295 e. The molecule has 1 aliphatic rings. The van der Waals surface area contributed by atoms with Crippen LogP contribution in [0.5, 0.6) is 11.5 Å².